The largest absolute Gasteiger partial charge is 0.357 e. The summed E-state index contributed by atoms with van der Waals surface area (Å²) >= 11 is 0. The lowest BCUT2D eigenvalue weighted by Crippen LogP contribution is -2.55. The average molecular weight is 523 g/mol. The van der Waals surface area contributed by atoms with E-state index in [4.69, 9.17) is 4.99 Å². The monoisotopic (exact) mass is 523 g/mol. The van der Waals surface area contributed by atoms with Gasteiger partial charge in [0, 0.05) is 52.0 Å². The molecule has 0 unspecified atom stereocenters. The molecule has 1 amide bonds. The van der Waals surface area contributed by atoms with Crippen LogP contribution in [0.25, 0.3) is 5.65 Å². The highest BCUT2D eigenvalue weighted by atomic mass is 127. The Labute approximate surface area is 192 Å². The number of guanidine groups is 1. The molecule has 160 valence electrons. The number of anilines is 1. The van der Waals surface area contributed by atoms with E-state index in [2.05, 4.69) is 20.6 Å². The number of aliphatic imine (C=N–C) groups is 1. The number of pyridine rings is 1. The van der Waals surface area contributed by atoms with Crippen LogP contribution in [0.2, 0.25) is 0 Å². The van der Waals surface area contributed by atoms with Crippen LogP contribution in [0.1, 0.15) is 12.7 Å². The molecule has 0 bridgehead atoms. The number of carbonyl (C=O) groups excluding carboxylic acids is 1. The molecule has 1 N–H and O–H groups in total. The third-order valence-electron chi connectivity index (χ3n) is 4.84. The van der Waals surface area contributed by atoms with Gasteiger partial charge < -0.3 is 15.1 Å². The van der Waals surface area contributed by atoms with Gasteiger partial charge in [0.15, 0.2) is 11.6 Å². The average Bonchev–Trinajstić information content (AvgIpc) is 3.34. The number of rotatable bonds is 5. The Kier molecular flexibility index (Phi) is 7.24. The van der Waals surface area contributed by atoms with Crippen LogP contribution in [0.4, 0.5) is 5.69 Å². The molecule has 3 aromatic rings. The molecule has 0 aromatic carbocycles. The fourth-order valence-electron chi connectivity index (χ4n) is 3.42. The second kappa shape index (κ2) is 9.87. The van der Waals surface area contributed by atoms with E-state index in [0.29, 0.717) is 26.1 Å². The molecule has 11 heteroatoms. The van der Waals surface area contributed by atoms with E-state index in [1.54, 1.807) is 15.8 Å². The molecule has 0 aliphatic carbocycles. The maximum absolute atomic E-state index is 12.7. The zero-order valence-electron chi connectivity index (χ0n) is 17.1. The highest BCUT2D eigenvalue weighted by molar-refractivity contribution is 14.0. The molecule has 4 heterocycles. The smallest absolute Gasteiger partial charge is 0.246 e. The number of piperazine rings is 1. The zero-order valence-corrected chi connectivity index (χ0v) is 19.4. The predicted octanol–water partition coefficient (Wildman–Crippen LogP) is 0.938. The van der Waals surface area contributed by atoms with Gasteiger partial charge in [-0.25, -0.2) is 0 Å². The summed E-state index contributed by atoms with van der Waals surface area (Å²) in [6.45, 7) is 4.92. The number of nitrogens with one attached hydrogen (secondary N) is 1. The number of aromatic nitrogens is 5. The van der Waals surface area contributed by atoms with Gasteiger partial charge in [0.05, 0.1) is 11.9 Å². The Morgan fingerprint density at radius 1 is 1.27 bits per heavy atom. The summed E-state index contributed by atoms with van der Waals surface area (Å²) in [4.78, 5) is 21.2. The molecule has 1 aliphatic rings. The van der Waals surface area contributed by atoms with Gasteiger partial charge in [-0.3, -0.25) is 18.9 Å². The Morgan fingerprint density at radius 3 is 2.87 bits per heavy atom. The van der Waals surface area contributed by atoms with Crippen molar-refractivity contribution < 1.29 is 4.79 Å². The maximum Gasteiger partial charge on any atom is 0.246 e. The van der Waals surface area contributed by atoms with Crippen LogP contribution < -0.4 is 10.2 Å². The minimum atomic E-state index is 0. The maximum atomic E-state index is 12.7. The SMILES string of the molecule is CCNC(=NCCc1nnc2ccccn12)N1CCN(c2cnn(C)c2)C(=O)C1.I. The predicted molar refractivity (Wildman–Crippen MR) is 125 cm³/mol. The van der Waals surface area contributed by atoms with Gasteiger partial charge in [-0.15, -0.1) is 34.2 Å². The van der Waals surface area contributed by atoms with Gasteiger partial charge in [-0.2, -0.15) is 5.10 Å². The number of amides is 1. The molecular formula is C19H26IN9O. The van der Waals surface area contributed by atoms with E-state index in [0.717, 1.165) is 29.7 Å². The first-order valence-electron chi connectivity index (χ1n) is 9.76. The van der Waals surface area contributed by atoms with Crippen molar-refractivity contribution in [3.8, 4) is 0 Å². The van der Waals surface area contributed by atoms with Crippen LogP contribution >= 0.6 is 24.0 Å². The van der Waals surface area contributed by atoms with Crippen molar-refractivity contribution in [2.45, 2.75) is 13.3 Å². The topological polar surface area (TPSA) is 95.9 Å². The van der Waals surface area contributed by atoms with Crippen molar-refractivity contribution in [1.29, 1.82) is 0 Å². The number of aryl methyl sites for hydroxylation is 1. The van der Waals surface area contributed by atoms with Crippen LogP contribution in [0, 0.1) is 0 Å². The molecule has 1 aliphatic heterocycles. The molecule has 0 radical (unpaired) electrons. The van der Waals surface area contributed by atoms with Gasteiger partial charge in [0.1, 0.15) is 12.4 Å². The molecule has 30 heavy (non-hydrogen) atoms. The third-order valence-corrected chi connectivity index (χ3v) is 4.84. The lowest BCUT2D eigenvalue weighted by Gasteiger charge is -2.35. The summed E-state index contributed by atoms with van der Waals surface area (Å²) in [7, 11) is 1.85. The van der Waals surface area contributed by atoms with E-state index in [1.807, 2.05) is 53.9 Å². The highest BCUT2D eigenvalue weighted by Crippen LogP contribution is 2.16. The van der Waals surface area contributed by atoms with Gasteiger partial charge in [-0.1, -0.05) is 6.07 Å². The Bertz CT molecular complexity index is 1030. The first kappa shape index (κ1) is 22.0. The minimum Gasteiger partial charge on any atom is -0.357 e. The van der Waals surface area contributed by atoms with Gasteiger partial charge in [0.2, 0.25) is 5.91 Å². The van der Waals surface area contributed by atoms with Gasteiger partial charge in [-0.05, 0) is 19.1 Å². The van der Waals surface area contributed by atoms with E-state index in [9.17, 15) is 4.79 Å². The molecule has 10 nitrogen and oxygen atoms in total. The standard InChI is InChI=1S/C19H25N9O.HI/c1-3-20-19(21-8-7-17-24-23-16-6-4-5-9-28(16)17)26-10-11-27(18(29)14-26)15-12-22-25(2)13-15;/h4-6,9,12-13H,3,7-8,10-11,14H2,1-2H3,(H,20,21);1H. The van der Waals surface area contributed by atoms with E-state index >= 15 is 0 Å². The van der Waals surface area contributed by atoms with Crippen LogP contribution in [0.15, 0.2) is 41.8 Å². The fraction of sp³-hybridized carbons (Fsp3) is 0.421. The first-order chi connectivity index (χ1) is 14.2. The van der Waals surface area contributed by atoms with Gasteiger partial charge >= 0.3 is 0 Å². The molecule has 4 rings (SSSR count). The number of halogens is 1. The van der Waals surface area contributed by atoms with Crippen molar-refractivity contribution in [3.63, 3.8) is 0 Å². The lowest BCUT2D eigenvalue weighted by molar-refractivity contribution is -0.120. The summed E-state index contributed by atoms with van der Waals surface area (Å²) in [5.41, 5.74) is 1.66. The second-order valence-corrected chi connectivity index (χ2v) is 6.87. The number of hydrogen-bond acceptors (Lipinski definition) is 5. The van der Waals surface area contributed by atoms with E-state index in [1.165, 1.54) is 0 Å². The van der Waals surface area contributed by atoms with Crippen LogP contribution in [0.3, 0.4) is 0 Å². The molecule has 3 aromatic heterocycles. The van der Waals surface area contributed by atoms with Crippen LogP contribution in [-0.4, -0.2) is 73.9 Å². The van der Waals surface area contributed by atoms with Crippen molar-refractivity contribution in [2.24, 2.45) is 12.0 Å². The zero-order chi connectivity index (χ0) is 20.2. The van der Waals surface area contributed by atoms with Gasteiger partial charge in [0.25, 0.3) is 0 Å². The summed E-state index contributed by atoms with van der Waals surface area (Å²) in [6.07, 6.45) is 6.20. The van der Waals surface area contributed by atoms with Crippen LogP contribution in [0.5, 0.6) is 0 Å². The molecule has 1 saturated heterocycles. The second-order valence-electron chi connectivity index (χ2n) is 6.87. The summed E-state index contributed by atoms with van der Waals surface area (Å²) < 4.78 is 3.67. The third kappa shape index (κ3) is 4.71. The van der Waals surface area contributed by atoms with Crippen molar-refractivity contribution in [2.75, 3.05) is 37.6 Å². The number of fused-ring (bicyclic) bond motifs is 1. The molecule has 0 spiro atoms. The number of nitrogens with zero attached hydrogens (tertiary/aromatic N) is 8. The van der Waals surface area contributed by atoms with Crippen molar-refractivity contribution in [3.05, 3.63) is 42.6 Å². The summed E-state index contributed by atoms with van der Waals surface area (Å²) in [5.74, 6) is 1.66. The van der Waals surface area contributed by atoms with Crippen LogP contribution in [-0.2, 0) is 18.3 Å². The molecule has 1 fully saturated rings. The quantitative estimate of drug-likeness (QED) is 0.304. The minimum absolute atomic E-state index is 0. The fourth-order valence-corrected chi connectivity index (χ4v) is 3.42. The Morgan fingerprint density at radius 2 is 2.13 bits per heavy atom. The lowest BCUT2D eigenvalue weighted by atomic mass is 10.3. The first-order valence-corrected chi connectivity index (χ1v) is 9.76. The molecule has 0 atom stereocenters. The number of hydrogen-bond donors (Lipinski definition) is 1. The molecule has 0 saturated carbocycles. The normalized spacial score (nSPS) is 14.9. The van der Waals surface area contributed by atoms with Crippen molar-refractivity contribution >= 4 is 47.2 Å². The number of carbonyl (C=O) groups is 1. The Hall–Kier alpha value is -2.70. The highest BCUT2D eigenvalue weighted by Gasteiger charge is 2.27. The van der Waals surface area contributed by atoms with E-state index < -0.39 is 0 Å². The van der Waals surface area contributed by atoms with E-state index in [-0.39, 0.29) is 36.4 Å². The summed E-state index contributed by atoms with van der Waals surface area (Å²) in [6, 6.07) is 5.83. The molecular weight excluding hydrogens is 497 g/mol. The summed E-state index contributed by atoms with van der Waals surface area (Å²) in [5, 5.41) is 15.9. The van der Waals surface area contributed by atoms with Crippen molar-refractivity contribution in [1.82, 2.24) is 34.6 Å². The Balaban J connectivity index is 0.00000256.